The Morgan fingerprint density at radius 2 is 1.80 bits per heavy atom. The van der Waals surface area contributed by atoms with Crippen LogP contribution in [0.25, 0.3) is 10.1 Å². The van der Waals surface area contributed by atoms with Gasteiger partial charge in [-0.1, -0.05) is 41.4 Å². The molecule has 0 radical (unpaired) electrons. The Bertz CT molecular complexity index is 962. The third kappa shape index (κ3) is 3.82. The van der Waals surface area contributed by atoms with Gasteiger partial charge in [0.25, 0.3) is 5.56 Å². The van der Waals surface area contributed by atoms with Crippen molar-refractivity contribution in [3.63, 3.8) is 0 Å². The Morgan fingerprint density at radius 3 is 2.48 bits per heavy atom. The smallest absolute Gasteiger partial charge is 0.268 e. The first-order valence-electron chi connectivity index (χ1n) is 8.42. The topological polar surface area (TPSA) is 51.1 Å². The molecule has 0 spiro atoms. The summed E-state index contributed by atoms with van der Waals surface area (Å²) in [5.41, 5.74) is 4.27. The molecule has 0 aliphatic heterocycles. The van der Waals surface area contributed by atoms with E-state index in [4.69, 9.17) is 0 Å². The van der Waals surface area contributed by atoms with Crippen molar-refractivity contribution >= 4 is 33.2 Å². The van der Waals surface area contributed by atoms with Gasteiger partial charge in [0.1, 0.15) is 0 Å². The van der Waals surface area contributed by atoms with Gasteiger partial charge in [-0.25, -0.2) is 0 Å². The van der Waals surface area contributed by atoms with E-state index in [1.54, 1.807) is 3.96 Å². The fourth-order valence-electron chi connectivity index (χ4n) is 3.13. The number of anilines is 1. The first kappa shape index (κ1) is 17.4. The van der Waals surface area contributed by atoms with Gasteiger partial charge in [-0.2, -0.15) is 0 Å². The van der Waals surface area contributed by atoms with Gasteiger partial charge < -0.3 is 5.32 Å². The minimum absolute atomic E-state index is 0.00999. The Labute approximate surface area is 151 Å². The zero-order valence-corrected chi connectivity index (χ0v) is 15.6. The first-order valence-corrected chi connectivity index (χ1v) is 9.19. The highest BCUT2D eigenvalue weighted by molar-refractivity contribution is 7.13. The molecule has 1 heterocycles. The number of rotatable bonds is 5. The number of hydrogen-bond acceptors (Lipinski definition) is 3. The monoisotopic (exact) mass is 354 g/mol. The second-order valence-electron chi connectivity index (χ2n) is 6.42. The van der Waals surface area contributed by atoms with Crippen molar-refractivity contribution in [2.75, 3.05) is 5.32 Å². The van der Waals surface area contributed by atoms with Crippen LogP contribution in [-0.4, -0.2) is 9.86 Å². The Kier molecular flexibility index (Phi) is 5.04. The molecule has 0 bridgehead atoms. The molecule has 0 unspecified atom stereocenters. The highest BCUT2D eigenvalue weighted by Crippen LogP contribution is 2.22. The van der Waals surface area contributed by atoms with E-state index < -0.39 is 0 Å². The molecule has 0 saturated heterocycles. The van der Waals surface area contributed by atoms with Crippen LogP contribution in [0.4, 0.5) is 5.69 Å². The average Bonchev–Trinajstić information content (AvgIpc) is 2.88. The van der Waals surface area contributed by atoms with Crippen LogP contribution >= 0.6 is 11.5 Å². The normalized spacial score (nSPS) is 11.0. The summed E-state index contributed by atoms with van der Waals surface area (Å²) < 4.78 is 2.73. The predicted molar refractivity (Wildman–Crippen MR) is 105 cm³/mol. The van der Waals surface area contributed by atoms with E-state index in [2.05, 4.69) is 17.4 Å². The molecule has 0 aliphatic rings. The number of aromatic nitrogens is 1. The van der Waals surface area contributed by atoms with Crippen LogP contribution < -0.4 is 10.9 Å². The van der Waals surface area contributed by atoms with Gasteiger partial charge in [-0.15, -0.1) is 0 Å². The third-order valence-corrected chi connectivity index (χ3v) is 5.38. The summed E-state index contributed by atoms with van der Waals surface area (Å²) in [5, 5.41) is 3.76. The minimum Gasteiger partial charge on any atom is -0.326 e. The van der Waals surface area contributed by atoms with Gasteiger partial charge in [-0.3, -0.25) is 13.5 Å². The van der Waals surface area contributed by atoms with E-state index in [-0.39, 0.29) is 11.5 Å². The summed E-state index contributed by atoms with van der Waals surface area (Å²) in [7, 11) is 0. The van der Waals surface area contributed by atoms with E-state index in [0.29, 0.717) is 19.4 Å². The molecular weight excluding hydrogens is 332 g/mol. The van der Waals surface area contributed by atoms with E-state index in [1.165, 1.54) is 17.1 Å². The van der Waals surface area contributed by atoms with Crippen LogP contribution in [0.5, 0.6) is 0 Å². The number of nitrogens with zero attached hydrogens (tertiary/aromatic N) is 1. The molecule has 4 nitrogen and oxygen atoms in total. The number of carbonyl (C=O) groups excluding carboxylic acids is 1. The number of hydrogen-bond donors (Lipinski definition) is 1. The Morgan fingerprint density at radius 1 is 1.12 bits per heavy atom. The second-order valence-corrected chi connectivity index (χ2v) is 7.48. The first-order chi connectivity index (χ1) is 12.0. The maximum atomic E-state index is 12.3. The summed E-state index contributed by atoms with van der Waals surface area (Å²) in [4.78, 5) is 24.5. The summed E-state index contributed by atoms with van der Waals surface area (Å²) in [6.07, 6.45) is 1.04. The maximum Gasteiger partial charge on any atom is 0.268 e. The van der Waals surface area contributed by atoms with Crippen LogP contribution in [0, 0.1) is 20.8 Å². The number of fused-ring (bicyclic) bond motifs is 1. The summed E-state index contributed by atoms with van der Waals surface area (Å²) in [6.45, 7) is 6.63. The van der Waals surface area contributed by atoms with Gasteiger partial charge in [-0.05, 0) is 50.5 Å². The van der Waals surface area contributed by atoms with E-state index in [0.717, 1.165) is 26.9 Å². The van der Waals surface area contributed by atoms with Crippen LogP contribution in [0.2, 0.25) is 0 Å². The number of benzene rings is 2. The van der Waals surface area contributed by atoms with Gasteiger partial charge >= 0.3 is 0 Å². The van der Waals surface area contributed by atoms with Crippen molar-refractivity contribution in [1.82, 2.24) is 3.96 Å². The van der Waals surface area contributed by atoms with Gasteiger partial charge in [0.15, 0.2) is 0 Å². The van der Waals surface area contributed by atoms with Crippen LogP contribution in [0.15, 0.2) is 41.2 Å². The van der Waals surface area contributed by atoms with Crippen molar-refractivity contribution in [3.8, 4) is 0 Å². The average molecular weight is 354 g/mol. The fourth-order valence-corrected chi connectivity index (χ4v) is 4.16. The number of aryl methyl sites for hydroxylation is 4. The Balaban J connectivity index is 1.61. The van der Waals surface area contributed by atoms with Crippen LogP contribution in [0.3, 0.4) is 0 Å². The van der Waals surface area contributed by atoms with E-state index >= 15 is 0 Å². The largest absolute Gasteiger partial charge is 0.326 e. The number of nitrogens with one attached hydrogen (secondary N) is 1. The van der Waals surface area contributed by atoms with Crippen molar-refractivity contribution in [2.45, 2.75) is 40.2 Å². The lowest BCUT2D eigenvalue weighted by atomic mass is 10.0. The van der Waals surface area contributed by atoms with Crippen LogP contribution in [0.1, 0.15) is 29.5 Å². The zero-order chi connectivity index (χ0) is 18.0. The molecule has 1 N–H and O–H groups in total. The SMILES string of the molecule is Cc1cc(C)c(NC(=O)CCCn2sc3ccccc3c2=O)c(C)c1. The van der Waals surface area contributed by atoms with Gasteiger partial charge in [0.05, 0.1) is 10.1 Å². The molecule has 0 atom stereocenters. The lowest BCUT2D eigenvalue weighted by Crippen LogP contribution is -2.17. The second kappa shape index (κ2) is 7.23. The van der Waals surface area contributed by atoms with Crippen LogP contribution in [-0.2, 0) is 11.3 Å². The van der Waals surface area contributed by atoms with Crippen molar-refractivity contribution in [1.29, 1.82) is 0 Å². The lowest BCUT2D eigenvalue weighted by Gasteiger charge is -2.12. The quantitative estimate of drug-likeness (QED) is 0.738. The predicted octanol–water partition coefficient (Wildman–Crippen LogP) is 4.41. The van der Waals surface area contributed by atoms with E-state index in [1.807, 2.05) is 45.0 Å². The molecule has 5 heteroatoms. The lowest BCUT2D eigenvalue weighted by molar-refractivity contribution is -0.116. The Hall–Kier alpha value is -2.40. The summed E-state index contributed by atoms with van der Waals surface area (Å²) in [5.74, 6) is -0.00999. The number of carbonyl (C=O) groups is 1. The van der Waals surface area contributed by atoms with E-state index in [9.17, 15) is 9.59 Å². The molecule has 0 saturated carbocycles. The highest BCUT2D eigenvalue weighted by atomic mass is 32.1. The molecule has 2 aromatic carbocycles. The van der Waals surface area contributed by atoms with Crippen molar-refractivity contribution in [3.05, 3.63) is 63.4 Å². The number of amides is 1. The highest BCUT2D eigenvalue weighted by Gasteiger charge is 2.10. The van der Waals surface area contributed by atoms with Gasteiger partial charge in [0.2, 0.25) is 5.91 Å². The zero-order valence-electron chi connectivity index (χ0n) is 14.8. The molecule has 3 aromatic rings. The molecule has 3 rings (SSSR count). The molecule has 1 aromatic heterocycles. The minimum atomic E-state index is -0.00999. The summed E-state index contributed by atoms with van der Waals surface area (Å²) >= 11 is 1.46. The molecule has 25 heavy (non-hydrogen) atoms. The molecule has 0 fully saturated rings. The molecule has 1 amide bonds. The fraction of sp³-hybridized carbons (Fsp3) is 0.300. The molecular formula is C20H22N2O2S. The standard InChI is InChI=1S/C20H22N2O2S/c1-13-11-14(2)19(15(3)12-13)21-18(23)9-6-10-22-20(24)16-7-4-5-8-17(16)25-22/h4-5,7-8,11-12H,6,9-10H2,1-3H3,(H,21,23). The summed E-state index contributed by atoms with van der Waals surface area (Å²) in [6, 6.07) is 11.7. The molecule has 0 aliphatic carbocycles. The third-order valence-electron chi connectivity index (χ3n) is 4.26. The molecule has 130 valence electrons. The van der Waals surface area contributed by atoms with Gasteiger partial charge in [0, 0.05) is 18.7 Å². The maximum absolute atomic E-state index is 12.3. The van der Waals surface area contributed by atoms with Crippen molar-refractivity contribution < 1.29 is 4.79 Å². The van der Waals surface area contributed by atoms with Crippen molar-refractivity contribution in [2.24, 2.45) is 0 Å².